The van der Waals surface area contributed by atoms with Crippen molar-refractivity contribution >= 4 is 27.8 Å². The highest BCUT2D eigenvalue weighted by atomic mass is 32.2. The predicted octanol–water partition coefficient (Wildman–Crippen LogP) is 5.03. The van der Waals surface area contributed by atoms with E-state index in [1.165, 1.54) is 0 Å². The maximum absolute atomic E-state index is 12.9. The van der Waals surface area contributed by atoms with E-state index in [1.54, 1.807) is 0 Å². The molecule has 32 heavy (non-hydrogen) atoms. The summed E-state index contributed by atoms with van der Waals surface area (Å²) in [6.07, 6.45) is 8.02. The highest BCUT2D eigenvalue weighted by Crippen LogP contribution is 2.21. The number of nitrogens with one attached hydrogen (secondary N) is 2. The van der Waals surface area contributed by atoms with Crippen LogP contribution in [0.1, 0.15) is 115 Å². The first kappa shape index (κ1) is 26.2. The van der Waals surface area contributed by atoms with Crippen molar-refractivity contribution < 1.29 is 18.0 Å². The van der Waals surface area contributed by atoms with Gasteiger partial charge in [0.25, 0.3) is 0 Å². The number of ketones is 1. The summed E-state index contributed by atoms with van der Waals surface area (Å²) in [4.78, 5) is 33.9. The van der Waals surface area contributed by atoms with E-state index in [0.717, 1.165) is 49.9 Å². The van der Waals surface area contributed by atoms with Gasteiger partial charge in [-0.05, 0) is 30.7 Å². The maximum Gasteiger partial charge on any atom is 0.335 e. The van der Waals surface area contributed by atoms with Crippen LogP contribution in [0.3, 0.4) is 0 Å². The van der Waals surface area contributed by atoms with Gasteiger partial charge >= 0.3 is 6.03 Å². The van der Waals surface area contributed by atoms with Crippen LogP contribution in [0.4, 0.5) is 10.7 Å². The van der Waals surface area contributed by atoms with Gasteiger partial charge in [0.2, 0.25) is 16.0 Å². The zero-order chi connectivity index (χ0) is 23.7. The highest BCUT2D eigenvalue weighted by Gasteiger charge is 2.33. The van der Waals surface area contributed by atoms with Crippen molar-refractivity contribution in [1.29, 1.82) is 0 Å². The first-order valence-corrected chi connectivity index (χ1v) is 13.4. The van der Waals surface area contributed by atoms with Crippen LogP contribution in [0.2, 0.25) is 0 Å². The summed E-state index contributed by atoms with van der Waals surface area (Å²) < 4.78 is 27.9. The van der Waals surface area contributed by atoms with Crippen LogP contribution in [0, 0.1) is 0 Å². The van der Waals surface area contributed by atoms with Crippen molar-refractivity contribution in [2.24, 2.45) is 0 Å². The monoisotopic (exact) mass is 466 g/mol. The van der Waals surface area contributed by atoms with Crippen molar-refractivity contribution in [2.45, 2.75) is 109 Å². The lowest BCUT2D eigenvalue weighted by Crippen LogP contribution is -2.44. The molecule has 1 aromatic rings. The lowest BCUT2D eigenvalue weighted by molar-refractivity contribution is -0.118. The number of amides is 2. The van der Waals surface area contributed by atoms with Gasteiger partial charge in [0.05, 0.1) is 0 Å². The average molecular weight is 467 g/mol. The topological polar surface area (TPSA) is 118 Å². The lowest BCUT2D eigenvalue weighted by atomic mass is 10.0. The Morgan fingerprint density at radius 3 is 1.94 bits per heavy atom. The Balaban J connectivity index is 2.13. The Morgan fingerprint density at radius 2 is 1.41 bits per heavy atom. The third-order valence-electron chi connectivity index (χ3n) is 5.78. The van der Waals surface area contributed by atoms with Gasteiger partial charge in [0.15, 0.2) is 5.78 Å². The van der Waals surface area contributed by atoms with Crippen LogP contribution in [0.15, 0.2) is 6.07 Å². The fourth-order valence-electron chi connectivity index (χ4n) is 3.80. The summed E-state index contributed by atoms with van der Waals surface area (Å²) in [6, 6.07) is 0.943. The van der Waals surface area contributed by atoms with Crippen LogP contribution in [0.25, 0.3) is 0 Å². The number of rotatable bonds is 5. The van der Waals surface area contributed by atoms with Crippen LogP contribution >= 0.6 is 0 Å². The molecule has 1 unspecified atom stereocenters. The van der Waals surface area contributed by atoms with Gasteiger partial charge in [-0.1, -0.05) is 72.6 Å². The predicted molar refractivity (Wildman–Crippen MR) is 126 cm³/mol. The minimum Gasteiger partial charge on any atom is -0.298 e. The minimum absolute atomic E-state index is 0.0534. The molecule has 1 aliphatic rings. The van der Waals surface area contributed by atoms with Crippen LogP contribution in [0.5, 0.6) is 0 Å². The molecule has 0 radical (unpaired) electrons. The van der Waals surface area contributed by atoms with Gasteiger partial charge in [-0.2, -0.15) is 0 Å². The van der Waals surface area contributed by atoms with Crippen LogP contribution in [-0.4, -0.2) is 35.5 Å². The fraction of sp³-hybridized carbons (Fsp3) is 0.739. The number of anilines is 1. The molecule has 180 valence electrons. The van der Waals surface area contributed by atoms with E-state index in [-0.39, 0.29) is 36.4 Å². The number of urea groups is 1. The fourth-order valence-corrected chi connectivity index (χ4v) is 5.19. The summed E-state index contributed by atoms with van der Waals surface area (Å²) in [5.41, 5.74) is 1.52. The second-order valence-electron chi connectivity index (χ2n) is 9.27. The molecule has 9 heteroatoms. The van der Waals surface area contributed by atoms with E-state index in [0.29, 0.717) is 12.8 Å². The van der Waals surface area contributed by atoms with Crippen LogP contribution in [-0.2, 0) is 14.8 Å². The first-order valence-electron chi connectivity index (χ1n) is 11.8. The molecule has 0 aliphatic heterocycles. The zero-order valence-corrected chi connectivity index (χ0v) is 20.6. The molecule has 1 saturated carbocycles. The number of hydrogen-bond donors (Lipinski definition) is 2. The summed E-state index contributed by atoms with van der Waals surface area (Å²) >= 11 is 0. The van der Waals surface area contributed by atoms with Crippen molar-refractivity contribution in [1.82, 2.24) is 14.7 Å². The largest absolute Gasteiger partial charge is 0.335 e. The van der Waals surface area contributed by atoms with Gasteiger partial charge in [0, 0.05) is 17.8 Å². The van der Waals surface area contributed by atoms with E-state index >= 15 is 0 Å². The Hall–Kier alpha value is -2.03. The van der Waals surface area contributed by atoms with E-state index in [2.05, 4.69) is 15.3 Å². The molecule has 0 spiro atoms. The molecule has 1 aliphatic carbocycles. The molecule has 8 nitrogen and oxygen atoms in total. The summed E-state index contributed by atoms with van der Waals surface area (Å²) in [6.45, 7) is 7.93. The van der Waals surface area contributed by atoms with Gasteiger partial charge in [-0.15, -0.1) is 0 Å². The van der Waals surface area contributed by atoms with Crippen LogP contribution < -0.4 is 10.0 Å². The number of hydrogen-bond acceptors (Lipinski definition) is 6. The van der Waals surface area contributed by atoms with E-state index in [1.807, 2.05) is 38.5 Å². The number of Topliss-reactive ketones (excluding diaryl/α,β-unsaturated/α-hetero) is 1. The Morgan fingerprint density at radius 1 is 0.906 bits per heavy atom. The van der Waals surface area contributed by atoms with Gasteiger partial charge in [0.1, 0.15) is 5.25 Å². The molecule has 1 fully saturated rings. The maximum atomic E-state index is 12.9. The molecule has 1 aromatic heterocycles. The second-order valence-corrected chi connectivity index (χ2v) is 11.1. The number of aromatic nitrogens is 2. The van der Waals surface area contributed by atoms with E-state index in [4.69, 9.17) is 0 Å². The molecule has 0 aromatic carbocycles. The van der Waals surface area contributed by atoms with Gasteiger partial charge in [-0.3, -0.25) is 10.1 Å². The molecule has 0 saturated heterocycles. The molecular weight excluding hydrogens is 428 g/mol. The summed E-state index contributed by atoms with van der Waals surface area (Å²) in [5.74, 6) is -0.0167. The zero-order valence-electron chi connectivity index (χ0n) is 19.8. The Kier molecular flexibility index (Phi) is 10.1. The second kappa shape index (κ2) is 12.3. The summed E-state index contributed by atoms with van der Waals surface area (Å²) in [5, 5.41) is 1.24. The van der Waals surface area contributed by atoms with Crippen molar-refractivity contribution in [2.75, 3.05) is 5.32 Å². The molecule has 1 atom stereocenters. The normalized spacial score (nSPS) is 19.3. The summed E-state index contributed by atoms with van der Waals surface area (Å²) in [7, 11) is -4.16. The highest BCUT2D eigenvalue weighted by molar-refractivity contribution is 7.91. The molecular formula is C23H38N4O4S. The SMILES string of the molecule is CC(C)c1cc(C(C)C)nc(NC(=O)NS(=O)(=O)C2CCCCCCCCCCC2=O)n1. The van der Waals surface area contributed by atoms with E-state index in [9.17, 15) is 18.0 Å². The standard InChI is InChI=1S/C23H38N4O4S/c1-16(2)18-15-19(17(3)4)25-22(24-18)26-23(29)27-32(30,31)21-14-12-10-8-6-5-7-9-11-13-20(21)28/h15-17,21H,5-14H2,1-4H3,(H2,24,25,26,27,29). The van der Waals surface area contributed by atoms with Gasteiger partial charge in [-0.25, -0.2) is 27.9 Å². The number of sulfonamides is 1. The third-order valence-corrected chi connectivity index (χ3v) is 7.50. The molecule has 0 bridgehead atoms. The van der Waals surface area contributed by atoms with Crippen molar-refractivity contribution in [3.05, 3.63) is 17.5 Å². The van der Waals surface area contributed by atoms with Crippen molar-refractivity contribution in [3.63, 3.8) is 0 Å². The molecule has 1 heterocycles. The minimum atomic E-state index is -4.16. The smallest absolute Gasteiger partial charge is 0.298 e. The molecule has 2 amide bonds. The molecule has 2 N–H and O–H groups in total. The number of carbonyl (C=O) groups is 2. The number of carbonyl (C=O) groups excluding carboxylic acids is 2. The molecule has 2 rings (SSSR count). The first-order chi connectivity index (χ1) is 15.1. The Bertz CT molecular complexity index is 858. The average Bonchev–Trinajstić information content (AvgIpc) is 2.69. The Labute approximate surface area is 192 Å². The van der Waals surface area contributed by atoms with Crippen molar-refractivity contribution in [3.8, 4) is 0 Å². The lowest BCUT2D eigenvalue weighted by Gasteiger charge is -2.18. The third kappa shape index (κ3) is 8.15. The van der Waals surface area contributed by atoms with E-state index < -0.39 is 21.3 Å². The quantitative estimate of drug-likeness (QED) is 0.628. The number of nitrogens with zero attached hydrogens (tertiary/aromatic N) is 2. The van der Waals surface area contributed by atoms with Gasteiger partial charge < -0.3 is 0 Å².